The number of carbonyl (C=O) groups is 1. The summed E-state index contributed by atoms with van der Waals surface area (Å²) in [6, 6.07) is 19.7. The van der Waals surface area contributed by atoms with E-state index in [-0.39, 0.29) is 11.7 Å². The van der Waals surface area contributed by atoms with E-state index in [2.05, 4.69) is 11.4 Å². The fourth-order valence-corrected chi connectivity index (χ4v) is 2.00. The van der Waals surface area contributed by atoms with Crippen molar-refractivity contribution in [2.24, 2.45) is 0 Å². The van der Waals surface area contributed by atoms with Crippen LogP contribution in [0.25, 0.3) is 0 Å². The van der Waals surface area contributed by atoms with Crippen LogP contribution in [0.2, 0.25) is 0 Å². The van der Waals surface area contributed by atoms with Gasteiger partial charge in [0.2, 0.25) is 12.0 Å². The van der Waals surface area contributed by atoms with Crippen LogP contribution in [0.5, 0.6) is 0 Å². The van der Waals surface area contributed by atoms with Crippen LogP contribution in [-0.4, -0.2) is 12.2 Å². The number of nitrogens with one attached hydrogen (secondary N) is 1. The Labute approximate surface area is 123 Å². The van der Waals surface area contributed by atoms with Crippen LogP contribution in [-0.2, 0) is 20.7 Å². The summed E-state index contributed by atoms with van der Waals surface area (Å²) in [7, 11) is 0. The molecule has 2 aromatic carbocycles. The normalized spacial score (nSPS) is 16.6. The lowest BCUT2D eigenvalue weighted by Crippen LogP contribution is -2.18. The summed E-state index contributed by atoms with van der Waals surface area (Å²) in [4.78, 5) is 12.0. The fourth-order valence-electron chi connectivity index (χ4n) is 2.00. The Hall–Kier alpha value is -2.75. The van der Waals surface area contributed by atoms with Gasteiger partial charge in [0.25, 0.3) is 5.91 Å². The minimum atomic E-state index is -0.461. The van der Waals surface area contributed by atoms with E-state index in [4.69, 9.17) is 9.47 Å². The highest BCUT2D eigenvalue weighted by molar-refractivity contribution is 6.02. The Morgan fingerprint density at radius 3 is 2.67 bits per heavy atom. The van der Waals surface area contributed by atoms with Crippen molar-refractivity contribution in [3.05, 3.63) is 78.2 Å². The monoisotopic (exact) mass is 280 g/mol. The Morgan fingerprint density at radius 2 is 1.90 bits per heavy atom. The van der Waals surface area contributed by atoms with E-state index in [1.807, 2.05) is 30.3 Å². The molecular formula is C17H14NO3. The second-order valence-electron chi connectivity index (χ2n) is 4.60. The number of hydrogen-bond acceptors (Lipinski definition) is 3. The average Bonchev–Trinajstić information content (AvgIpc) is 2.98. The molecule has 0 saturated heterocycles. The minimum Gasteiger partial charge on any atom is -0.458 e. The molecule has 0 aliphatic carbocycles. The van der Waals surface area contributed by atoms with Gasteiger partial charge in [0.1, 0.15) is 6.26 Å². The van der Waals surface area contributed by atoms with Gasteiger partial charge in [-0.2, -0.15) is 0 Å². The SMILES string of the molecule is O=C(Nc1cc[c]cc1)C1=COC(Cc2ccccc2)O1. The molecule has 4 nitrogen and oxygen atoms in total. The maximum atomic E-state index is 12.0. The van der Waals surface area contributed by atoms with Crippen molar-refractivity contribution in [1.29, 1.82) is 0 Å². The van der Waals surface area contributed by atoms with E-state index in [0.717, 1.165) is 5.56 Å². The molecule has 1 amide bonds. The molecule has 1 radical (unpaired) electrons. The summed E-state index contributed by atoms with van der Waals surface area (Å²) >= 11 is 0. The highest BCUT2D eigenvalue weighted by Crippen LogP contribution is 2.19. The summed E-state index contributed by atoms with van der Waals surface area (Å²) in [5.41, 5.74) is 1.78. The van der Waals surface area contributed by atoms with Gasteiger partial charge in [-0.05, 0) is 23.8 Å². The van der Waals surface area contributed by atoms with E-state index in [1.54, 1.807) is 24.3 Å². The van der Waals surface area contributed by atoms with Crippen molar-refractivity contribution in [2.45, 2.75) is 12.7 Å². The van der Waals surface area contributed by atoms with Gasteiger partial charge >= 0.3 is 0 Å². The molecule has 0 fully saturated rings. The molecule has 0 spiro atoms. The van der Waals surface area contributed by atoms with Crippen LogP contribution in [0.4, 0.5) is 5.69 Å². The number of anilines is 1. The van der Waals surface area contributed by atoms with Crippen molar-refractivity contribution in [3.63, 3.8) is 0 Å². The van der Waals surface area contributed by atoms with E-state index < -0.39 is 6.29 Å². The Bertz CT molecular complexity index is 638. The largest absolute Gasteiger partial charge is 0.458 e. The molecular weight excluding hydrogens is 266 g/mol. The second kappa shape index (κ2) is 6.13. The van der Waals surface area contributed by atoms with Crippen molar-refractivity contribution in [1.82, 2.24) is 0 Å². The molecule has 4 heteroatoms. The number of rotatable bonds is 4. The van der Waals surface area contributed by atoms with E-state index in [0.29, 0.717) is 12.1 Å². The summed E-state index contributed by atoms with van der Waals surface area (Å²) < 4.78 is 10.9. The van der Waals surface area contributed by atoms with Crippen LogP contribution < -0.4 is 5.32 Å². The number of amides is 1. The van der Waals surface area contributed by atoms with Crippen LogP contribution >= 0.6 is 0 Å². The van der Waals surface area contributed by atoms with Gasteiger partial charge in [-0.3, -0.25) is 4.79 Å². The van der Waals surface area contributed by atoms with E-state index >= 15 is 0 Å². The minimum absolute atomic E-state index is 0.184. The van der Waals surface area contributed by atoms with Gasteiger partial charge in [0.05, 0.1) is 0 Å². The Balaban J connectivity index is 1.55. The quantitative estimate of drug-likeness (QED) is 0.936. The van der Waals surface area contributed by atoms with Gasteiger partial charge in [0, 0.05) is 12.1 Å². The summed E-state index contributed by atoms with van der Waals surface area (Å²) in [5.74, 6) is -0.138. The number of ether oxygens (including phenoxy) is 2. The molecule has 0 bridgehead atoms. The lowest BCUT2D eigenvalue weighted by molar-refractivity contribution is -0.118. The molecule has 1 atom stereocenters. The summed E-state index contributed by atoms with van der Waals surface area (Å²) in [6.45, 7) is 0. The highest BCUT2D eigenvalue weighted by Gasteiger charge is 2.24. The molecule has 1 aliphatic heterocycles. The molecule has 0 saturated carbocycles. The maximum Gasteiger partial charge on any atom is 0.294 e. The molecule has 21 heavy (non-hydrogen) atoms. The molecule has 2 aromatic rings. The fraction of sp³-hybridized carbons (Fsp3) is 0.118. The zero-order valence-corrected chi connectivity index (χ0v) is 11.3. The van der Waals surface area contributed by atoms with Gasteiger partial charge in [-0.1, -0.05) is 42.5 Å². The molecule has 3 rings (SSSR count). The first-order valence-corrected chi connectivity index (χ1v) is 6.65. The first-order chi connectivity index (χ1) is 10.3. The van der Waals surface area contributed by atoms with Crippen LogP contribution in [0.15, 0.2) is 66.6 Å². The van der Waals surface area contributed by atoms with Crippen molar-refractivity contribution < 1.29 is 14.3 Å². The van der Waals surface area contributed by atoms with E-state index in [9.17, 15) is 4.79 Å². The lowest BCUT2D eigenvalue weighted by atomic mass is 10.1. The molecule has 1 unspecified atom stereocenters. The van der Waals surface area contributed by atoms with E-state index in [1.165, 1.54) is 6.26 Å². The first-order valence-electron chi connectivity index (χ1n) is 6.65. The first kappa shape index (κ1) is 13.2. The van der Waals surface area contributed by atoms with Crippen molar-refractivity contribution >= 4 is 11.6 Å². The highest BCUT2D eigenvalue weighted by atomic mass is 16.7. The number of benzene rings is 2. The van der Waals surface area contributed by atoms with Crippen molar-refractivity contribution in [2.75, 3.05) is 5.32 Å². The van der Waals surface area contributed by atoms with Gasteiger partial charge < -0.3 is 14.8 Å². The van der Waals surface area contributed by atoms with Gasteiger partial charge in [-0.25, -0.2) is 0 Å². The summed E-state index contributed by atoms with van der Waals surface area (Å²) in [5, 5.41) is 2.74. The third-order valence-corrected chi connectivity index (χ3v) is 3.03. The lowest BCUT2D eigenvalue weighted by Gasteiger charge is -2.11. The third kappa shape index (κ3) is 3.42. The van der Waals surface area contributed by atoms with Gasteiger partial charge in [0.15, 0.2) is 0 Å². The zero-order valence-electron chi connectivity index (χ0n) is 11.3. The Morgan fingerprint density at radius 1 is 1.14 bits per heavy atom. The van der Waals surface area contributed by atoms with Gasteiger partial charge in [-0.15, -0.1) is 0 Å². The Kier molecular flexibility index (Phi) is 3.87. The number of hydrogen-bond donors (Lipinski definition) is 1. The molecule has 1 aliphatic rings. The topological polar surface area (TPSA) is 47.6 Å². The molecule has 1 heterocycles. The second-order valence-corrected chi connectivity index (χ2v) is 4.60. The number of carbonyl (C=O) groups excluding carboxylic acids is 1. The molecule has 0 aromatic heterocycles. The van der Waals surface area contributed by atoms with Crippen LogP contribution in [0, 0.1) is 6.07 Å². The third-order valence-electron chi connectivity index (χ3n) is 3.03. The zero-order chi connectivity index (χ0) is 14.5. The molecule has 105 valence electrons. The standard InChI is InChI=1S/C17H14NO3/c19-17(18-14-9-5-2-6-10-14)15-12-20-16(21-15)11-13-7-3-1-4-8-13/h1,3-10,12,16H,11H2,(H,18,19). The smallest absolute Gasteiger partial charge is 0.294 e. The molecule has 1 N–H and O–H groups in total. The van der Waals surface area contributed by atoms with Crippen LogP contribution in [0.3, 0.4) is 0 Å². The average molecular weight is 280 g/mol. The maximum absolute atomic E-state index is 12.0. The van der Waals surface area contributed by atoms with Crippen LogP contribution in [0.1, 0.15) is 5.56 Å². The predicted octanol–water partition coefficient (Wildman–Crippen LogP) is 2.88. The van der Waals surface area contributed by atoms with Crippen molar-refractivity contribution in [3.8, 4) is 0 Å². The predicted molar refractivity (Wildman–Crippen MR) is 78.1 cm³/mol. The summed E-state index contributed by atoms with van der Waals surface area (Å²) in [6.07, 6.45) is 1.49.